The van der Waals surface area contributed by atoms with Crippen molar-refractivity contribution in [2.45, 2.75) is 33.4 Å². The predicted octanol–water partition coefficient (Wildman–Crippen LogP) is 6.17. The number of aliphatic imine (C=N–C) groups is 1. The molecule has 1 heterocycles. The first-order chi connectivity index (χ1) is 17.7. The zero-order chi connectivity index (χ0) is 26.8. The summed E-state index contributed by atoms with van der Waals surface area (Å²) in [5.74, 6) is 0.950. The molecule has 0 aliphatic carbocycles. The van der Waals surface area contributed by atoms with E-state index >= 15 is 0 Å². The zero-order valence-electron chi connectivity index (χ0n) is 21.2. The van der Waals surface area contributed by atoms with Crippen molar-refractivity contribution < 1.29 is 22.7 Å². The minimum Gasteiger partial charge on any atom is -0.439 e. The second kappa shape index (κ2) is 13.0. The molecule has 2 aromatic rings. The highest BCUT2D eigenvalue weighted by atomic mass is 19.4. The monoisotopic (exact) mass is 515 g/mol. The largest absolute Gasteiger partial charge is 0.439 e. The second-order valence-corrected chi connectivity index (χ2v) is 8.52. The number of rotatable bonds is 7. The molecule has 37 heavy (non-hydrogen) atoms. The van der Waals surface area contributed by atoms with E-state index in [0.29, 0.717) is 17.3 Å². The molecule has 10 heteroatoms. The maximum absolute atomic E-state index is 13.1. The van der Waals surface area contributed by atoms with Gasteiger partial charge < -0.3 is 25.6 Å². The summed E-state index contributed by atoms with van der Waals surface area (Å²) in [6.07, 6.45) is 1.86. The van der Waals surface area contributed by atoms with Gasteiger partial charge in [-0.1, -0.05) is 19.1 Å². The highest BCUT2D eigenvalue weighted by molar-refractivity contribution is 6.00. The molecule has 1 saturated heterocycles. The second-order valence-electron chi connectivity index (χ2n) is 8.52. The molecular formula is C27H32F3N5O2. The number of amides is 2. The van der Waals surface area contributed by atoms with E-state index in [9.17, 15) is 18.0 Å². The fourth-order valence-corrected chi connectivity index (χ4v) is 3.64. The Balaban J connectivity index is 1.65. The number of urea groups is 1. The minimum absolute atomic E-state index is 0.0445. The summed E-state index contributed by atoms with van der Waals surface area (Å²) >= 11 is 0. The predicted molar refractivity (Wildman–Crippen MR) is 141 cm³/mol. The van der Waals surface area contributed by atoms with Crippen LogP contribution in [0.1, 0.15) is 31.4 Å². The van der Waals surface area contributed by atoms with Gasteiger partial charge in [-0.25, -0.2) is 9.79 Å². The van der Waals surface area contributed by atoms with Crippen molar-refractivity contribution in [1.29, 1.82) is 0 Å². The number of benzene rings is 2. The quantitative estimate of drug-likeness (QED) is 0.305. The molecule has 1 fully saturated rings. The average molecular weight is 516 g/mol. The Labute approximate surface area is 215 Å². The summed E-state index contributed by atoms with van der Waals surface area (Å²) in [6, 6.07) is 9.62. The lowest BCUT2D eigenvalue weighted by molar-refractivity contribution is -0.138. The van der Waals surface area contributed by atoms with Crippen LogP contribution >= 0.6 is 0 Å². The number of ether oxygens (including phenoxy) is 1. The molecule has 1 aliphatic rings. The number of nitrogens with one attached hydrogen (secondary N) is 3. The summed E-state index contributed by atoms with van der Waals surface area (Å²) in [5.41, 5.74) is 0.831. The summed E-state index contributed by atoms with van der Waals surface area (Å²) in [4.78, 5) is 19.0. The molecule has 198 valence electrons. The number of hydrogen-bond acceptors (Lipinski definition) is 5. The van der Waals surface area contributed by atoms with Gasteiger partial charge in [0.05, 0.1) is 5.56 Å². The van der Waals surface area contributed by atoms with Crippen LogP contribution in [0.5, 0.6) is 5.75 Å². The van der Waals surface area contributed by atoms with Crippen LogP contribution in [0.25, 0.3) is 0 Å². The van der Waals surface area contributed by atoms with Gasteiger partial charge >= 0.3 is 12.2 Å². The summed E-state index contributed by atoms with van der Waals surface area (Å²) in [5, 5.41) is 8.37. The van der Waals surface area contributed by atoms with Crippen LogP contribution in [0.3, 0.4) is 0 Å². The third-order valence-electron chi connectivity index (χ3n) is 5.63. The standard InChI is InChI=1S/C27H32F3N5O2/c1-4-5-12-32-25(17-20(3)35-15-13-31-14-16-35)37-23-10-8-21(9-11-23)33-26(36)34-22-7-6-19(2)24(18-22)27(28,29)30/h5-12,17-18,31H,4,13-16H2,1-3H3,(H2,33,34,36)/b12-5+,20-17+,32-25+. The molecular weight excluding hydrogens is 483 g/mol. The van der Waals surface area contributed by atoms with Crippen LogP contribution in [-0.2, 0) is 6.18 Å². The molecule has 0 saturated carbocycles. The van der Waals surface area contributed by atoms with Gasteiger partial charge in [0.25, 0.3) is 0 Å². The van der Waals surface area contributed by atoms with E-state index in [2.05, 4.69) is 25.8 Å². The molecule has 0 spiro atoms. The fourth-order valence-electron chi connectivity index (χ4n) is 3.64. The SMILES string of the molecule is CC/C=C/N=C(\C=C(/C)N1CCNCC1)Oc1ccc(NC(=O)Nc2ccc(C)c(C(F)(F)F)c2)cc1. The van der Waals surface area contributed by atoms with Crippen LogP contribution in [0.15, 0.2) is 71.5 Å². The minimum atomic E-state index is -4.50. The number of allylic oxidation sites excluding steroid dienone is 2. The Kier molecular flexibility index (Phi) is 9.73. The molecule has 3 N–H and O–H groups in total. The van der Waals surface area contributed by atoms with E-state index < -0.39 is 17.8 Å². The van der Waals surface area contributed by atoms with Crippen molar-refractivity contribution in [1.82, 2.24) is 10.2 Å². The van der Waals surface area contributed by atoms with E-state index in [4.69, 9.17) is 4.74 Å². The van der Waals surface area contributed by atoms with E-state index in [1.54, 1.807) is 30.5 Å². The third-order valence-corrected chi connectivity index (χ3v) is 5.63. The summed E-state index contributed by atoms with van der Waals surface area (Å²) in [7, 11) is 0. The van der Waals surface area contributed by atoms with E-state index in [1.165, 1.54) is 19.1 Å². The summed E-state index contributed by atoms with van der Waals surface area (Å²) in [6.45, 7) is 9.06. The molecule has 0 atom stereocenters. The number of piperazine rings is 1. The van der Waals surface area contributed by atoms with Gasteiger partial charge in [-0.3, -0.25) is 0 Å². The van der Waals surface area contributed by atoms with Gasteiger partial charge in [0.2, 0.25) is 5.90 Å². The number of anilines is 2. The van der Waals surface area contributed by atoms with Crippen molar-refractivity contribution in [2.24, 2.45) is 4.99 Å². The highest BCUT2D eigenvalue weighted by Crippen LogP contribution is 2.33. The number of halogens is 3. The van der Waals surface area contributed by atoms with Gasteiger partial charge in [0.15, 0.2) is 0 Å². The number of hydrogen-bond donors (Lipinski definition) is 3. The fraction of sp³-hybridized carbons (Fsp3) is 0.333. The van der Waals surface area contributed by atoms with Crippen LogP contribution in [-0.4, -0.2) is 43.0 Å². The zero-order valence-corrected chi connectivity index (χ0v) is 21.2. The molecule has 2 aromatic carbocycles. The normalized spacial score (nSPS) is 15.1. The molecule has 7 nitrogen and oxygen atoms in total. The van der Waals surface area contributed by atoms with Crippen LogP contribution < -0.4 is 20.7 Å². The molecule has 1 aliphatic heterocycles. The molecule has 0 radical (unpaired) electrons. The van der Waals surface area contributed by atoms with Crippen LogP contribution in [0, 0.1) is 6.92 Å². The Morgan fingerprint density at radius 1 is 1.11 bits per heavy atom. The lowest BCUT2D eigenvalue weighted by Gasteiger charge is -2.30. The Bertz CT molecular complexity index is 1150. The van der Waals surface area contributed by atoms with E-state index in [-0.39, 0.29) is 11.3 Å². The highest BCUT2D eigenvalue weighted by Gasteiger charge is 2.32. The van der Waals surface area contributed by atoms with Crippen LogP contribution in [0.2, 0.25) is 0 Å². The number of carbonyl (C=O) groups is 1. The molecule has 0 bridgehead atoms. The maximum atomic E-state index is 13.1. The number of carbonyl (C=O) groups excluding carboxylic acids is 1. The lowest BCUT2D eigenvalue weighted by atomic mass is 10.1. The number of nitrogens with zero attached hydrogens (tertiary/aromatic N) is 2. The molecule has 0 unspecified atom stereocenters. The first-order valence-corrected chi connectivity index (χ1v) is 12.1. The van der Waals surface area contributed by atoms with Crippen molar-refractivity contribution >= 4 is 23.3 Å². The maximum Gasteiger partial charge on any atom is 0.416 e. The van der Waals surface area contributed by atoms with Crippen LogP contribution in [0.4, 0.5) is 29.3 Å². The Morgan fingerprint density at radius 2 is 1.76 bits per heavy atom. The third kappa shape index (κ3) is 8.68. The molecule has 2 amide bonds. The Hall–Kier alpha value is -3.79. The smallest absolute Gasteiger partial charge is 0.416 e. The summed E-state index contributed by atoms with van der Waals surface area (Å²) < 4.78 is 45.4. The van der Waals surface area contributed by atoms with Crippen molar-refractivity contribution in [3.63, 3.8) is 0 Å². The topological polar surface area (TPSA) is 78.0 Å². The number of aryl methyl sites for hydroxylation is 1. The Morgan fingerprint density at radius 3 is 2.41 bits per heavy atom. The van der Waals surface area contributed by atoms with Gasteiger partial charge in [0, 0.05) is 55.5 Å². The van der Waals surface area contributed by atoms with E-state index in [1.807, 2.05) is 26.0 Å². The first kappa shape index (κ1) is 27.8. The van der Waals surface area contributed by atoms with Gasteiger partial charge in [-0.15, -0.1) is 0 Å². The lowest BCUT2D eigenvalue weighted by Crippen LogP contribution is -2.42. The van der Waals surface area contributed by atoms with E-state index in [0.717, 1.165) is 44.4 Å². The van der Waals surface area contributed by atoms with Gasteiger partial charge in [0.1, 0.15) is 5.75 Å². The van der Waals surface area contributed by atoms with Crippen molar-refractivity contribution in [3.8, 4) is 5.75 Å². The molecule has 0 aromatic heterocycles. The van der Waals surface area contributed by atoms with Gasteiger partial charge in [-0.2, -0.15) is 13.2 Å². The molecule has 3 rings (SSSR count). The van der Waals surface area contributed by atoms with Crippen molar-refractivity contribution in [2.75, 3.05) is 36.8 Å². The first-order valence-electron chi connectivity index (χ1n) is 12.1. The van der Waals surface area contributed by atoms with Crippen molar-refractivity contribution in [3.05, 3.63) is 77.6 Å². The average Bonchev–Trinajstić information content (AvgIpc) is 2.86. The van der Waals surface area contributed by atoms with Gasteiger partial charge in [-0.05, 0) is 62.2 Å². The number of alkyl halides is 3.